The van der Waals surface area contributed by atoms with E-state index in [1.165, 1.54) is 12.1 Å². The number of hydrogen-bond donors (Lipinski definition) is 2. The molecule has 3 N–H and O–H groups in total. The number of hydrogen-bond acceptors (Lipinski definition) is 2. The molecule has 3 heteroatoms. The van der Waals surface area contributed by atoms with Crippen molar-refractivity contribution in [2.45, 2.75) is 25.3 Å². The lowest BCUT2D eigenvalue weighted by Gasteiger charge is -2.14. The molecule has 2 nitrogen and oxygen atoms in total. The number of nitrogens with two attached hydrogens (primary N) is 1. The molecule has 0 aromatic heterocycles. The van der Waals surface area contributed by atoms with Crippen molar-refractivity contribution >= 4 is 0 Å². The molecule has 1 aliphatic carbocycles. The van der Waals surface area contributed by atoms with Gasteiger partial charge in [-0.05, 0) is 37.5 Å². The molecule has 1 fully saturated rings. The van der Waals surface area contributed by atoms with Gasteiger partial charge in [-0.1, -0.05) is 0 Å². The standard InChI is InChI=1S/C10H12FNO/c1-6-7(11)2-3-8(13)9(6)10(12)4-5-10/h2-3,13H,4-5,12H2,1H3. The third kappa shape index (κ3) is 1.20. The summed E-state index contributed by atoms with van der Waals surface area (Å²) in [7, 11) is 0. The number of rotatable bonds is 1. The molecule has 0 aliphatic heterocycles. The van der Waals surface area contributed by atoms with E-state index in [-0.39, 0.29) is 11.6 Å². The van der Waals surface area contributed by atoms with Crippen LogP contribution in [0.1, 0.15) is 24.0 Å². The average Bonchev–Trinajstić information content (AvgIpc) is 2.78. The molecule has 0 radical (unpaired) electrons. The molecular formula is C10H12FNO. The highest BCUT2D eigenvalue weighted by Crippen LogP contribution is 2.47. The zero-order valence-corrected chi connectivity index (χ0v) is 7.47. The summed E-state index contributed by atoms with van der Waals surface area (Å²) < 4.78 is 13.2. The normalized spacial score (nSPS) is 18.7. The fourth-order valence-electron chi connectivity index (χ4n) is 1.69. The molecule has 0 saturated heterocycles. The van der Waals surface area contributed by atoms with Crippen molar-refractivity contribution in [3.63, 3.8) is 0 Å². The Morgan fingerprint density at radius 2 is 2.08 bits per heavy atom. The quantitative estimate of drug-likeness (QED) is 0.693. The predicted octanol–water partition coefficient (Wildman–Crippen LogP) is 1.79. The Labute approximate surface area is 76.2 Å². The van der Waals surface area contributed by atoms with Crippen molar-refractivity contribution in [2.75, 3.05) is 0 Å². The van der Waals surface area contributed by atoms with Crippen LogP contribution in [0.25, 0.3) is 0 Å². The van der Waals surface area contributed by atoms with Gasteiger partial charge in [-0.2, -0.15) is 0 Å². The maximum Gasteiger partial charge on any atom is 0.126 e. The zero-order chi connectivity index (χ0) is 9.64. The molecule has 0 unspecified atom stereocenters. The highest BCUT2D eigenvalue weighted by molar-refractivity contribution is 5.47. The van der Waals surface area contributed by atoms with Gasteiger partial charge >= 0.3 is 0 Å². The van der Waals surface area contributed by atoms with Crippen LogP contribution in [-0.4, -0.2) is 5.11 Å². The number of phenolic OH excluding ortho intramolecular Hbond substituents is 1. The number of benzene rings is 1. The second-order valence-corrected chi connectivity index (χ2v) is 3.72. The van der Waals surface area contributed by atoms with Crippen LogP contribution in [0.5, 0.6) is 5.75 Å². The van der Waals surface area contributed by atoms with Crippen molar-refractivity contribution in [3.05, 3.63) is 29.1 Å². The fraction of sp³-hybridized carbons (Fsp3) is 0.400. The Morgan fingerprint density at radius 1 is 1.46 bits per heavy atom. The van der Waals surface area contributed by atoms with Gasteiger partial charge in [-0.3, -0.25) is 0 Å². The van der Waals surface area contributed by atoms with Gasteiger partial charge in [0.15, 0.2) is 0 Å². The summed E-state index contributed by atoms with van der Waals surface area (Å²) in [6.07, 6.45) is 1.65. The first-order valence-corrected chi connectivity index (χ1v) is 4.32. The van der Waals surface area contributed by atoms with Gasteiger partial charge in [0.05, 0.1) is 0 Å². The van der Waals surface area contributed by atoms with Crippen LogP contribution in [0.2, 0.25) is 0 Å². The highest BCUT2D eigenvalue weighted by atomic mass is 19.1. The molecule has 0 spiro atoms. The minimum atomic E-state index is -0.476. The zero-order valence-electron chi connectivity index (χ0n) is 7.47. The second kappa shape index (κ2) is 2.45. The third-order valence-corrected chi connectivity index (χ3v) is 2.66. The fourth-order valence-corrected chi connectivity index (χ4v) is 1.69. The Balaban J connectivity index is 2.61. The Morgan fingerprint density at radius 3 is 2.62 bits per heavy atom. The van der Waals surface area contributed by atoms with Gasteiger partial charge in [-0.25, -0.2) is 4.39 Å². The third-order valence-electron chi connectivity index (χ3n) is 2.66. The summed E-state index contributed by atoms with van der Waals surface area (Å²) in [6, 6.07) is 2.63. The van der Waals surface area contributed by atoms with E-state index in [1.54, 1.807) is 6.92 Å². The van der Waals surface area contributed by atoms with E-state index in [9.17, 15) is 9.50 Å². The smallest absolute Gasteiger partial charge is 0.126 e. The predicted molar refractivity (Wildman–Crippen MR) is 47.9 cm³/mol. The SMILES string of the molecule is Cc1c(F)ccc(O)c1C1(N)CC1. The number of halogens is 1. The summed E-state index contributed by atoms with van der Waals surface area (Å²) in [5, 5.41) is 9.54. The van der Waals surface area contributed by atoms with Crippen LogP contribution < -0.4 is 5.73 Å². The number of phenols is 1. The molecular weight excluding hydrogens is 169 g/mol. The number of aromatic hydroxyl groups is 1. The lowest BCUT2D eigenvalue weighted by molar-refractivity contribution is 0.454. The average molecular weight is 181 g/mol. The molecule has 1 aliphatic rings. The maximum atomic E-state index is 13.2. The van der Waals surface area contributed by atoms with E-state index < -0.39 is 5.54 Å². The van der Waals surface area contributed by atoms with E-state index in [0.29, 0.717) is 11.1 Å². The molecule has 1 aromatic rings. The van der Waals surface area contributed by atoms with Gasteiger partial charge in [-0.15, -0.1) is 0 Å². The Hall–Kier alpha value is -1.09. The van der Waals surface area contributed by atoms with Crippen molar-refractivity contribution in [2.24, 2.45) is 5.73 Å². The van der Waals surface area contributed by atoms with Gasteiger partial charge in [0, 0.05) is 11.1 Å². The van der Waals surface area contributed by atoms with Gasteiger partial charge in [0.1, 0.15) is 11.6 Å². The lowest BCUT2D eigenvalue weighted by Crippen LogP contribution is -2.20. The van der Waals surface area contributed by atoms with E-state index in [2.05, 4.69) is 0 Å². The summed E-state index contributed by atoms with van der Waals surface area (Å²) in [4.78, 5) is 0. The highest BCUT2D eigenvalue weighted by Gasteiger charge is 2.43. The van der Waals surface area contributed by atoms with E-state index in [4.69, 9.17) is 5.73 Å². The van der Waals surface area contributed by atoms with Crippen LogP contribution in [0.15, 0.2) is 12.1 Å². The summed E-state index contributed by atoms with van der Waals surface area (Å²) in [5.41, 5.74) is 6.48. The molecule has 70 valence electrons. The minimum Gasteiger partial charge on any atom is -0.508 e. The summed E-state index contributed by atoms with van der Waals surface area (Å²) in [6.45, 7) is 1.65. The summed E-state index contributed by atoms with van der Waals surface area (Å²) in [5.74, 6) is -0.191. The van der Waals surface area contributed by atoms with Crippen molar-refractivity contribution in [1.82, 2.24) is 0 Å². The molecule has 0 atom stereocenters. The lowest BCUT2D eigenvalue weighted by atomic mass is 9.98. The molecule has 0 bridgehead atoms. The largest absolute Gasteiger partial charge is 0.508 e. The van der Waals surface area contributed by atoms with Gasteiger partial charge < -0.3 is 10.8 Å². The van der Waals surface area contributed by atoms with Crippen molar-refractivity contribution in [3.8, 4) is 5.75 Å². The second-order valence-electron chi connectivity index (χ2n) is 3.72. The Bertz CT molecular complexity index is 358. The molecule has 1 aromatic carbocycles. The maximum absolute atomic E-state index is 13.2. The van der Waals surface area contributed by atoms with E-state index in [0.717, 1.165) is 12.8 Å². The van der Waals surface area contributed by atoms with E-state index >= 15 is 0 Å². The topological polar surface area (TPSA) is 46.2 Å². The monoisotopic (exact) mass is 181 g/mol. The molecule has 13 heavy (non-hydrogen) atoms. The van der Waals surface area contributed by atoms with Gasteiger partial charge in [0.2, 0.25) is 0 Å². The van der Waals surface area contributed by atoms with Crippen LogP contribution in [-0.2, 0) is 5.54 Å². The molecule has 0 amide bonds. The minimum absolute atomic E-state index is 0.110. The first-order valence-electron chi connectivity index (χ1n) is 4.32. The van der Waals surface area contributed by atoms with Crippen LogP contribution >= 0.6 is 0 Å². The Kier molecular flexibility index (Phi) is 1.60. The summed E-state index contributed by atoms with van der Waals surface area (Å²) >= 11 is 0. The first kappa shape index (κ1) is 8.51. The van der Waals surface area contributed by atoms with Crippen LogP contribution in [0, 0.1) is 12.7 Å². The van der Waals surface area contributed by atoms with Crippen molar-refractivity contribution < 1.29 is 9.50 Å². The molecule has 2 rings (SSSR count). The van der Waals surface area contributed by atoms with E-state index in [1.807, 2.05) is 0 Å². The molecule has 0 heterocycles. The van der Waals surface area contributed by atoms with Crippen LogP contribution in [0.3, 0.4) is 0 Å². The first-order chi connectivity index (χ1) is 6.04. The molecule has 1 saturated carbocycles. The van der Waals surface area contributed by atoms with Crippen molar-refractivity contribution in [1.29, 1.82) is 0 Å². The van der Waals surface area contributed by atoms with Gasteiger partial charge in [0.25, 0.3) is 0 Å². The van der Waals surface area contributed by atoms with Crippen LogP contribution in [0.4, 0.5) is 4.39 Å².